The molecule has 1 aliphatic carbocycles. The topological polar surface area (TPSA) is 133 Å². The summed E-state index contributed by atoms with van der Waals surface area (Å²) in [5.41, 5.74) is -0.312. The molecule has 1 heterocycles. The number of hydrogen-bond donors (Lipinski definition) is 4. The Morgan fingerprint density at radius 2 is 1.79 bits per heavy atom. The van der Waals surface area contributed by atoms with Gasteiger partial charge in [0.25, 0.3) is 15.9 Å². The molecule has 0 saturated heterocycles. The van der Waals surface area contributed by atoms with Crippen LogP contribution in [0.25, 0.3) is 10.4 Å². The summed E-state index contributed by atoms with van der Waals surface area (Å²) in [5.74, 6) is -2.52. The summed E-state index contributed by atoms with van der Waals surface area (Å²) in [6.07, 6.45) is 0.00126. The number of aliphatic hydroxyl groups is 1. The minimum atomic E-state index is -4.16. The number of hydrogen-bond acceptors (Lipinski definition) is 6. The molecule has 0 bridgehead atoms. The minimum absolute atomic E-state index is 0.00126. The van der Waals surface area contributed by atoms with Gasteiger partial charge in [0.1, 0.15) is 9.75 Å². The van der Waals surface area contributed by atoms with E-state index in [0.717, 1.165) is 16.9 Å². The Morgan fingerprint density at radius 1 is 1.09 bits per heavy atom. The Labute approximate surface area is 205 Å². The fourth-order valence-corrected chi connectivity index (χ4v) is 6.67. The zero-order chi connectivity index (χ0) is 24.5. The molecule has 1 aromatic heterocycles. The van der Waals surface area contributed by atoms with Gasteiger partial charge >= 0.3 is 5.97 Å². The van der Waals surface area contributed by atoms with E-state index in [4.69, 9.17) is 16.7 Å². The first-order valence-corrected chi connectivity index (χ1v) is 13.0. The Bertz CT molecular complexity index is 1340. The van der Waals surface area contributed by atoms with E-state index < -0.39 is 33.4 Å². The molecule has 2 aromatic carbocycles. The maximum absolute atomic E-state index is 13.1. The van der Waals surface area contributed by atoms with Crippen molar-refractivity contribution in [2.24, 2.45) is 0 Å². The molecule has 34 heavy (non-hydrogen) atoms. The molecule has 1 fully saturated rings. The molecular weight excluding hydrogens is 500 g/mol. The van der Waals surface area contributed by atoms with Gasteiger partial charge in [-0.25, -0.2) is 8.42 Å². The Kier molecular flexibility index (Phi) is 6.79. The maximum atomic E-state index is 13.1. The van der Waals surface area contributed by atoms with Gasteiger partial charge in [-0.2, -0.15) is 4.72 Å². The summed E-state index contributed by atoms with van der Waals surface area (Å²) < 4.78 is 28.6. The van der Waals surface area contributed by atoms with Crippen molar-refractivity contribution < 1.29 is 28.2 Å². The van der Waals surface area contributed by atoms with Gasteiger partial charge < -0.3 is 15.5 Å². The zero-order valence-corrected chi connectivity index (χ0v) is 20.1. The average molecular weight is 521 g/mol. The number of rotatable bonds is 9. The summed E-state index contributed by atoms with van der Waals surface area (Å²) >= 11 is 6.93. The van der Waals surface area contributed by atoms with Crippen molar-refractivity contribution in [1.29, 1.82) is 0 Å². The predicted molar refractivity (Wildman–Crippen MR) is 129 cm³/mol. The van der Waals surface area contributed by atoms with E-state index in [0.29, 0.717) is 15.5 Å². The van der Waals surface area contributed by atoms with Crippen LogP contribution in [-0.4, -0.2) is 49.2 Å². The first-order valence-electron chi connectivity index (χ1n) is 10.3. The van der Waals surface area contributed by atoms with Crippen LogP contribution in [0.4, 0.5) is 0 Å². The third-order valence-electron chi connectivity index (χ3n) is 5.61. The molecule has 3 aromatic rings. The van der Waals surface area contributed by atoms with Crippen LogP contribution in [0, 0.1) is 0 Å². The molecule has 0 radical (unpaired) electrons. The Hall–Kier alpha value is -2.76. The number of aliphatic carboxylic acids is 1. The second-order valence-corrected chi connectivity index (χ2v) is 11.3. The van der Waals surface area contributed by atoms with Crippen molar-refractivity contribution in [3.8, 4) is 10.4 Å². The van der Waals surface area contributed by atoms with Gasteiger partial charge in [0, 0.05) is 27.9 Å². The van der Waals surface area contributed by atoms with Gasteiger partial charge in [-0.15, -0.1) is 11.3 Å². The number of benzene rings is 2. The first kappa shape index (κ1) is 24.4. The Morgan fingerprint density at radius 3 is 2.47 bits per heavy atom. The zero-order valence-electron chi connectivity index (χ0n) is 17.7. The van der Waals surface area contributed by atoms with Crippen LogP contribution in [0.1, 0.15) is 28.3 Å². The van der Waals surface area contributed by atoms with Gasteiger partial charge in [-0.05, 0) is 47.9 Å². The largest absolute Gasteiger partial charge is 0.480 e. The van der Waals surface area contributed by atoms with E-state index in [1.54, 1.807) is 54.6 Å². The molecule has 4 rings (SSSR count). The highest BCUT2D eigenvalue weighted by Crippen LogP contribution is 2.53. The van der Waals surface area contributed by atoms with Crippen molar-refractivity contribution in [3.63, 3.8) is 0 Å². The van der Waals surface area contributed by atoms with Crippen LogP contribution >= 0.6 is 22.9 Å². The summed E-state index contributed by atoms with van der Waals surface area (Å²) in [5, 5.41) is 22.0. The molecule has 11 heteroatoms. The fourth-order valence-electron chi connectivity index (χ4n) is 3.83. The van der Waals surface area contributed by atoms with Gasteiger partial charge in [-0.1, -0.05) is 41.9 Å². The van der Waals surface area contributed by atoms with Crippen molar-refractivity contribution in [2.75, 3.05) is 13.2 Å². The number of thiophene rings is 1. The van der Waals surface area contributed by atoms with Crippen LogP contribution < -0.4 is 10.0 Å². The third-order valence-corrected chi connectivity index (χ3v) is 9.00. The van der Waals surface area contributed by atoms with Crippen LogP contribution in [0.3, 0.4) is 0 Å². The summed E-state index contributed by atoms with van der Waals surface area (Å²) in [7, 11) is -4.16. The Balaban J connectivity index is 1.60. The molecule has 178 valence electrons. The SMILES string of the molecule is O=C(NCCO)c1ccccc1[C@@H]1CC1(NS(=O)(=O)c1ccc(-c2ccc(Cl)cc2)s1)C(=O)O. The summed E-state index contributed by atoms with van der Waals surface area (Å²) in [6, 6.07) is 16.5. The summed E-state index contributed by atoms with van der Waals surface area (Å²) in [6.45, 7) is -0.197. The third kappa shape index (κ3) is 4.73. The highest BCUT2D eigenvalue weighted by Gasteiger charge is 2.64. The first-order chi connectivity index (χ1) is 16.2. The van der Waals surface area contributed by atoms with Gasteiger partial charge in [0.05, 0.1) is 6.61 Å². The molecule has 8 nitrogen and oxygen atoms in total. The van der Waals surface area contributed by atoms with Crippen LogP contribution in [0.2, 0.25) is 5.02 Å². The number of amides is 1. The van der Waals surface area contributed by atoms with Gasteiger partial charge in [-0.3, -0.25) is 9.59 Å². The average Bonchev–Trinajstić information content (AvgIpc) is 3.30. The van der Waals surface area contributed by atoms with Crippen LogP contribution in [0.5, 0.6) is 0 Å². The minimum Gasteiger partial charge on any atom is -0.480 e. The number of halogens is 1. The number of carbonyl (C=O) groups is 2. The monoisotopic (exact) mass is 520 g/mol. The molecule has 2 atom stereocenters. The number of carboxylic acid groups (broad SMARTS) is 1. The quantitative estimate of drug-likeness (QED) is 0.343. The van der Waals surface area contributed by atoms with E-state index in [9.17, 15) is 23.1 Å². The molecular formula is C23H21ClN2O6S2. The molecule has 1 amide bonds. The van der Waals surface area contributed by atoms with Crippen LogP contribution in [-0.2, 0) is 14.8 Å². The lowest BCUT2D eigenvalue weighted by molar-refractivity contribution is -0.140. The summed E-state index contributed by atoms with van der Waals surface area (Å²) in [4.78, 5) is 25.4. The second-order valence-electron chi connectivity index (χ2n) is 7.83. The standard InChI is InChI=1S/C23H21ClN2O6S2/c24-15-7-5-14(6-8-15)19-9-10-20(33-19)34(31,32)26-23(22(29)30)13-18(23)16-3-1-2-4-17(16)21(28)25-11-12-27/h1-10,18,26-27H,11-13H2,(H,25,28)(H,29,30)/t18-,23?/m0/s1. The van der Waals surface area contributed by atoms with Crippen molar-refractivity contribution in [2.45, 2.75) is 22.1 Å². The van der Waals surface area contributed by atoms with Crippen molar-refractivity contribution in [3.05, 3.63) is 76.8 Å². The van der Waals surface area contributed by atoms with Crippen molar-refractivity contribution in [1.82, 2.24) is 10.0 Å². The fraction of sp³-hybridized carbons (Fsp3) is 0.217. The number of nitrogens with one attached hydrogen (secondary N) is 2. The van der Waals surface area contributed by atoms with E-state index >= 15 is 0 Å². The van der Waals surface area contributed by atoms with E-state index in [-0.39, 0.29) is 29.3 Å². The molecule has 1 unspecified atom stereocenters. The number of carbonyl (C=O) groups excluding carboxylic acids is 1. The van der Waals surface area contributed by atoms with E-state index in [1.807, 2.05) is 0 Å². The normalized spacial score (nSPS) is 19.5. The highest BCUT2D eigenvalue weighted by atomic mass is 35.5. The molecule has 1 aliphatic rings. The number of aliphatic hydroxyl groups excluding tert-OH is 1. The smallest absolute Gasteiger partial charge is 0.325 e. The van der Waals surface area contributed by atoms with Crippen LogP contribution in [0.15, 0.2) is 64.9 Å². The van der Waals surface area contributed by atoms with E-state index in [1.165, 1.54) is 6.07 Å². The predicted octanol–water partition coefficient (Wildman–Crippen LogP) is 3.08. The molecule has 4 N–H and O–H groups in total. The number of carboxylic acids is 1. The molecule has 0 spiro atoms. The highest BCUT2D eigenvalue weighted by molar-refractivity contribution is 7.91. The number of sulfonamides is 1. The maximum Gasteiger partial charge on any atom is 0.325 e. The molecule has 0 aliphatic heterocycles. The van der Waals surface area contributed by atoms with Gasteiger partial charge in [0.2, 0.25) is 0 Å². The second kappa shape index (κ2) is 9.47. The van der Waals surface area contributed by atoms with Gasteiger partial charge in [0.15, 0.2) is 0 Å². The lowest BCUT2D eigenvalue weighted by Gasteiger charge is -2.16. The van der Waals surface area contributed by atoms with Crippen molar-refractivity contribution >= 4 is 44.8 Å². The lowest BCUT2D eigenvalue weighted by atomic mass is 9.99. The molecule has 1 saturated carbocycles. The lowest BCUT2D eigenvalue weighted by Crippen LogP contribution is -2.44. The van der Waals surface area contributed by atoms with E-state index in [2.05, 4.69) is 10.0 Å².